The molecule has 0 heterocycles. The van der Waals surface area contributed by atoms with E-state index in [-0.39, 0.29) is 6.10 Å². The summed E-state index contributed by atoms with van der Waals surface area (Å²) >= 11 is 0. The van der Waals surface area contributed by atoms with Gasteiger partial charge in [0.1, 0.15) is 6.04 Å². The predicted octanol–water partition coefficient (Wildman–Crippen LogP) is 1.54. The van der Waals surface area contributed by atoms with Crippen LogP contribution >= 0.6 is 0 Å². The summed E-state index contributed by atoms with van der Waals surface area (Å²) in [7, 11) is 0. The molecule has 1 unspecified atom stereocenters. The van der Waals surface area contributed by atoms with Crippen molar-refractivity contribution >= 4 is 5.97 Å². The molecular formula is C12H21NO3. The minimum absolute atomic E-state index is 0.289. The highest BCUT2D eigenvalue weighted by molar-refractivity contribution is 5.73. The van der Waals surface area contributed by atoms with Crippen molar-refractivity contribution in [2.75, 3.05) is 6.61 Å². The molecule has 2 saturated carbocycles. The number of hydrogen-bond donors (Lipinski definition) is 2. The average Bonchev–Trinajstić information content (AvgIpc) is 3.09. The van der Waals surface area contributed by atoms with E-state index in [1.165, 1.54) is 19.3 Å². The fourth-order valence-corrected chi connectivity index (χ4v) is 2.19. The highest BCUT2D eigenvalue weighted by atomic mass is 16.5. The lowest BCUT2D eigenvalue weighted by Crippen LogP contribution is -2.42. The molecule has 0 aromatic carbocycles. The Hall–Kier alpha value is -0.610. The molecule has 4 nitrogen and oxygen atoms in total. The first kappa shape index (κ1) is 11.9. The monoisotopic (exact) mass is 227 g/mol. The largest absolute Gasteiger partial charge is 0.480 e. The van der Waals surface area contributed by atoms with E-state index in [1.54, 1.807) is 0 Å². The van der Waals surface area contributed by atoms with Crippen molar-refractivity contribution in [3.8, 4) is 0 Å². The second-order valence-electron chi connectivity index (χ2n) is 4.93. The highest BCUT2D eigenvalue weighted by Gasteiger charge is 2.29. The van der Waals surface area contributed by atoms with Crippen LogP contribution in [-0.2, 0) is 9.53 Å². The van der Waals surface area contributed by atoms with E-state index in [4.69, 9.17) is 9.84 Å². The molecule has 92 valence electrons. The summed E-state index contributed by atoms with van der Waals surface area (Å²) in [5.41, 5.74) is 0. The summed E-state index contributed by atoms with van der Waals surface area (Å²) in [6.07, 6.45) is 8.42. The van der Waals surface area contributed by atoms with Crippen molar-refractivity contribution in [2.24, 2.45) is 0 Å². The van der Waals surface area contributed by atoms with Gasteiger partial charge < -0.3 is 9.84 Å². The normalized spacial score (nSPS) is 24.2. The van der Waals surface area contributed by atoms with Crippen LogP contribution in [0.3, 0.4) is 0 Å². The number of rotatable bonds is 6. The number of ether oxygens (including phenoxy) is 1. The van der Waals surface area contributed by atoms with Crippen molar-refractivity contribution in [3.05, 3.63) is 0 Å². The first-order valence-corrected chi connectivity index (χ1v) is 6.36. The molecule has 2 aliphatic carbocycles. The summed E-state index contributed by atoms with van der Waals surface area (Å²) in [6.45, 7) is 0.316. The van der Waals surface area contributed by atoms with E-state index >= 15 is 0 Å². The third-order valence-corrected chi connectivity index (χ3v) is 3.36. The van der Waals surface area contributed by atoms with Gasteiger partial charge in [-0.15, -0.1) is 0 Å². The van der Waals surface area contributed by atoms with Crippen LogP contribution in [0.2, 0.25) is 0 Å². The molecule has 1 atom stereocenters. The predicted molar refractivity (Wildman–Crippen MR) is 60.4 cm³/mol. The molecule has 0 radical (unpaired) electrons. The third kappa shape index (κ3) is 3.76. The molecule has 0 aliphatic heterocycles. The smallest absolute Gasteiger partial charge is 0.323 e. The van der Waals surface area contributed by atoms with Crippen LogP contribution < -0.4 is 5.32 Å². The Labute approximate surface area is 96.4 Å². The van der Waals surface area contributed by atoms with Crippen molar-refractivity contribution in [1.82, 2.24) is 5.32 Å². The SMILES string of the molecule is O=C(O)C(COC1CCCCC1)NC1CC1. The Morgan fingerprint density at radius 1 is 1.25 bits per heavy atom. The van der Waals surface area contributed by atoms with Crippen molar-refractivity contribution < 1.29 is 14.6 Å². The Bertz CT molecular complexity index is 234. The Balaban J connectivity index is 1.69. The minimum Gasteiger partial charge on any atom is -0.480 e. The standard InChI is InChI=1S/C12H21NO3/c14-12(15)11(13-9-6-7-9)8-16-10-4-2-1-3-5-10/h9-11,13H,1-8H2,(H,14,15). The van der Waals surface area contributed by atoms with Gasteiger partial charge in [-0.2, -0.15) is 0 Å². The molecule has 0 aromatic heterocycles. The highest BCUT2D eigenvalue weighted by Crippen LogP contribution is 2.22. The first-order valence-electron chi connectivity index (χ1n) is 6.36. The van der Waals surface area contributed by atoms with E-state index in [0.717, 1.165) is 25.7 Å². The summed E-state index contributed by atoms with van der Waals surface area (Å²) in [6, 6.07) is -0.106. The fourth-order valence-electron chi connectivity index (χ4n) is 2.19. The summed E-state index contributed by atoms with van der Waals surface area (Å²) in [5, 5.41) is 12.1. The van der Waals surface area contributed by atoms with Crippen LogP contribution in [0.25, 0.3) is 0 Å². The Morgan fingerprint density at radius 3 is 2.50 bits per heavy atom. The van der Waals surface area contributed by atoms with E-state index in [0.29, 0.717) is 12.6 Å². The average molecular weight is 227 g/mol. The number of carboxylic acid groups (broad SMARTS) is 1. The quantitative estimate of drug-likeness (QED) is 0.722. The molecule has 2 N–H and O–H groups in total. The van der Waals surface area contributed by atoms with Crippen molar-refractivity contribution in [2.45, 2.75) is 63.1 Å². The Kier molecular flexibility index (Phi) is 4.18. The number of carboxylic acids is 1. The van der Waals surface area contributed by atoms with Gasteiger partial charge in [0, 0.05) is 6.04 Å². The molecular weight excluding hydrogens is 206 g/mol. The number of carbonyl (C=O) groups is 1. The maximum absolute atomic E-state index is 11.0. The molecule has 2 fully saturated rings. The molecule has 0 amide bonds. The maximum atomic E-state index is 11.0. The zero-order valence-corrected chi connectivity index (χ0v) is 9.65. The van der Waals surface area contributed by atoms with Gasteiger partial charge in [-0.05, 0) is 25.7 Å². The van der Waals surface area contributed by atoms with Crippen molar-refractivity contribution in [1.29, 1.82) is 0 Å². The zero-order chi connectivity index (χ0) is 11.4. The van der Waals surface area contributed by atoms with Crippen molar-refractivity contribution in [3.63, 3.8) is 0 Å². The molecule has 2 rings (SSSR count). The van der Waals surface area contributed by atoms with Gasteiger partial charge in [-0.1, -0.05) is 19.3 Å². The minimum atomic E-state index is -0.789. The third-order valence-electron chi connectivity index (χ3n) is 3.36. The molecule has 0 saturated heterocycles. The molecule has 4 heteroatoms. The summed E-state index contributed by atoms with van der Waals surface area (Å²) < 4.78 is 5.69. The van der Waals surface area contributed by atoms with Gasteiger partial charge in [-0.3, -0.25) is 10.1 Å². The van der Waals surface area contributed by atoms with Gasteiger partial charge >= 0.3 is 5.97 Å². The van der Waals surface area contributed by atoms with Crippen LogP contribution in [0.15, 0.2) is 0 Å². The number of nitrogens with one attached hydrogen (secondary N) is 1. The maximum Gasteiger partial charge on any atom is 0.323 e. The van der Waals surface area contributed by atoms with Crippen LogP contribution in [0, 0.1) is 0 Å². The number of aliphatic carboxylic acids is 1. The van der Waals surface area contributed by atoms with Crippen LogP contribution in [-0.4, -0.2) is 35.9 Å². The number of hydrogen-bond acceptors (Lipinski definition) is 3. The van der Waals surface area contributed by atoms with Gasteiger partial charge in [0.05, 0.1) is 12.7 Å². The van der Waals surface area contributed by atoms with E-state index in [9.17, 15) is 4.79 Å². The fraction of sp³-hybridized carbons (Fsp3) is 0.917. The topological polar surface area (TPSA) is 58.6 Å². The lowest BCUT2D eigenvalue weighted by molar-refractivity contribution is -0.142. The van der Waals surface area contributed by atoms with Gasteiger partial charge in [0.15, 0.2) is 0 Å². The van der Waals surface area contributed by atoms with E-state index < -0.39 is 12.0 Å². The van der Waals surface area contributed by atoms with Crippen LogP contribution in [0.4, 0.5) is 0 Å². The summed E-state index contributed by atoms with van der Waals surface area (Å²) in [5.74, 6) is -0.789. The molecule has 16 heavy (non-hydrogen) atoms. The van der Waals surface area contributed by atoms with Gasteiger partial charge in [0.25, 0.3) is 0 Å². The molecule has 0 bridgehead atoms. The lowest BCUT2D eigenvalue weighted by atomic mass is 9.98. The molecule has 2 aliphatic rings. The summed E-state index contributed by atoms with van der Waals surface area (Å²) in [4.78, 5) is 11.0. The van der Waals surface area contributed by atoms with Gasteiger partial charge in [0.2, 0.25) is 0 Å². The van der Waals surface area contributed by atoms with E-state index in [2.05, 4.69) is 5.32 Å². The first-order chi connectivity index (χ1) is 7.75. The second kappa shape index (κ2) is 5.64. The Morgan fingerprint density at radius 2 is 1.94 bits per heavy atom. The second-order valence-corrected chi connectivity index (χ2v) is 4.93. The lowest BCUT2D eigenvalue weighted by Gasteiger charge is -2.24. The van der Waals surface area contributed by atoms with Gasteiger partial charge in [-0.25, -0.2) is 0 Å². The molecule has 0 spiro atoms. The molecule has 0 aromatic rings. The zero-order valence-electron chi connectivity index (χ0n) is 9.65. The van der Waals surface area contributed by atoms with Crippen LogP contribution in [0.5, 0.6) is 0 Å². The van der Waals surface area contributed by atoms with E-state index in [1.807, 2.05) is 0 Å². The van der Waals surface area contributed by atoms with Crippen LogP contribution in [0.1, 0.15) is 44.9 Å².